The van der Waals surface area contributed by atoms with Crippen LogP contribution in [0.4, 0.5) is 0 Å². The first kappa shape index (κ1) is 12.0. The maximum Gasteiger partial charge on any atom is 0.254 e. The molecular formula is C15H15N2O+. The Morgan fingerprint density at radius 3 is 2.61 bits per heavy atom. The average Bonchev–Trinajstić information content (AvgIpc) is 2.40. The zero-order valence-corrected chi connectivity index (χ0v) is 10.0. The molecule has 90 valence electrons. The molecule has 1 aromatic carbocycles. The number of hydrogen-bond acceptors (Lipinski definition) is 1. The summed E-state index contributed by atoms with van der Waals surface area (Å²) in [5, 5.41) is 0. The summed E-state index contributed by atoms with van der Waals surface area (Å²) in [6, 6.07) is 11.6. The molecule has 0 radical (unpaired) electrons. The van der Waals surface area contributed by atoms with Crippen molar-refractivity contribution in [2.75, 3.05) is 0 Å². The van der Waals surface area contributed by atoms with Gasteiger partial charge in [-0.25, -0.2) is 0 Å². The summed E-state index contributed by atoms with van der Waals surface area (Å²) in [6.45, 7) is 4.43. The van der Waals surface area contributed by atoms with E-state index in [4.69, 9.17) is 5.73 Å². The van der Waals surface area contributed by atoms with Crippen molar-refractivity contribution in [1.82, 2.24) is 0 Å². The van der Waals surface area contributed by atoms with Gasteiger partial charge in [-0.15, -0.1) is 0 Å². The third kappa shape index (κ3) is 2.83. The van der Waals surface area contributed by atoms with Crippen molar-refractivity contribution in [3.05, 3.63) is 72.1 Å². The lowest BCUT2D eigenvalue weighted by molar-refractivity contribution is -0.688. The van der Waals surface area contributed by atoms with Crippen LogP contribution < -0.4 is 10.3 Å². The van der Waals surface area contributed by atoms with Gasteiger partial charge in [-0.3, -0.25) is 4.79 Å². The maximum absolute atomic E-state index is 11.1. The van der Waals surface area contributed by atoms with Crippen molar-refractivity contribution in [3.8, 4) is 0 Å². The Kier molecular flexibility index (Phi) is 3.53. The number of carbonyl (C=O) groups is 1. The van der Waals surface area contributed by atoms with Gasteiger partial charge >= 0.3 is 0 Å². The first-order valence-corrected chi connectivity index (χ1v) is 5.69. The fourth-order valence-electron chi connectivity index (χ4n) is 1.74. The minimum absolute atomic E-state index is 0.411. The van der Waals surface area contributed by atoms with Crippen LogP contribution in [0.25, 0.3) is 6.08 Å². The fourth-order valence-corrected chi connectivity index (χ4v) is 1.74. The Morgan fingerprint density at radius 2 is 2.00 bits per heavy atom. The van der Waals surface area contributed by atoms with Crippen LogP contribution in [0.2, 0.25) is 0 Å². The smallest absolute Gasteiger partial charge is 0.254 e. The highest BCUT2D eigenvalue weighted by molar-refractivity contribution is 5.92. The van der Waals surface area contributed by atoms with E-state index in [1.807, 2.05) is 47.2 Å². The lowest BCUT2D eigenvalue weighted by Gasteiger charge is -2.00. The Balaban J connectivity index is 2.19. The molecule has 0 saturated heterocycles. The Hall–Kier alpha value is -2.42. The normalized spacial score (nSPS) is 10.0. The maximum atomic E-state index is 11.1. The first-order chi connectivity index (χ1) is 8.69. The van der Waals surface area contributed by atoms with Gasteiger partial charge in [0.15, 0.2) is 18.9 Å². The van der Waals surface area contributed by atoms with Crippen LogP contribution in [0.3, 0.4) is 0 Å². The molecule has 18 heavy (non-hydrogen) atoms. The number of hydrogen-bond donors (Lipinski definition) is 1. The second-order valence-corrected chi connectivity index (χ2v) is 4.07. The van der Waals surface area contributed by atoms with E-state index in [9.17, 15) is 4.79 Å². The van der Waals surface area contributed by atoms with Crippen molar-refractivity contribution < 1.29 is 9.36 Å². The van der Waals surface area contributed by atoms with E-state index in [0.717, 1.165) is 11.1 Å². The molecule has 0 bridgehead atoms. The molecule has 0 unspecified atom stereocenters. The highest BCUT2D eigenvalue weighted by Gasteiger charge is 2.07. The third-order valence-corrected chi connectivity index (χ3v) is 2.72. The molecule has 1 aromatic heterocycles. The van der Waals surface area contributed by atoms with Crippen molar-refractivity contribution >= 4 is 12.0 Å². The molecule has 2 N–H and O–H groups in total. The van der Waals surface area contributed by atoms with Crippen LogP contribution in [-0.2, 0) is 6.54 Å². The first-order valence-electron chi connectivity index (χ1n) is 5.69. The van der Waals surface area contributed by atoms with Gasteiger partial charge in [-0.05, 0) is 11.6 Å². The van der Waals surface area contributed by atoms with Crippen molar-refractivity contribution in [2.24, 2.45) is 5.73 Å². The van der Waals surface area contributed by atoms with Gasteiger partial charge in [0.1, 0.15) is 5.56 Å². The Labute approximate surface area is 106 Å². The topological polar surface area (TPSA) is 47.0 Å². The molecular weight excluding hydrogens is 224 g/mol. The lowest BCUT2D eigenvalue weighted by Crippen LogP contribution is -2.35. The van der Waals surface area contributed by atoms with Crippen LogP contribution in [-0.4, -0.2) is 5.91 Å². The summed E-state index contributed by atoms with van der Waals surface area (Å²) < 4.78 is 1.93. The van der Waals surface area contributed by atoms with Gasteiger partial charge in [-0.2, -0.15) is 4.57 Å². The summed E-state index contributed by atoms with van der Waals surface area (Å²) in [4.78, 5) is 11.1. The molecule has 2 rings (SSSR count). The molecule has 3 heteroatoms. The van der Waals surface area contributed by atoms with Crippen LogP contribution in [0.1, 0.15) is 21.5 Å². The second kappa shape index (κ2) is 5.27. The van der Waals surface area contributed by atoms with E-state index in [2.05, 4.69) is 6.58 Å². The number of pyridine rings is 1. The number of amides is 1. The van der Waals surface area contributed by atoms with E-state index in [-0.39, 0.29) is 0 Å². The zero-order valence-electron chi connectivity index (χ0n) is 10.0. The highest BCUT2D eigenvalue weighted by atomic mass is 16.1. The van der Waals surface area contributed by atoms with Gasteiger partial charge in [0.05, 0.1) is 0 Å². The summed E-state index contributed by atoms with van der Waals surface area (Å²) in [6.07, 6.45) is 5.47. The van der Waals surface area contributed by atoms with Crippen LogP contribution in [0, 0.1) is 0 Å². The summed E-state index contributed by atoms with van der Waals surface area (Å²) in [5.74, 6) is -0.411. The number of nitrogens with zero attached hydrogens (tertiary/aromatic N) is 1. The molecule has 0 aliphatic carbocycles. The number of rotatable bonds is 4. The fraction of sp³-hybridized carbons (Fsp3) is 0.0667. The Bertz CT molecular complexity index is 573. The molecule has 1 heterocycles. The second-order valence-electron chi connectivity index (χ2n) is 4.07. The molecule has 0 atom stereocenters. The van der Waals surface area contributed by atoms with Crippen LogP contribution in [0.15, 0.2) is 55.4 Å². The van der Waals surface area contributed by atoms with Gasteiger partial charge < -0.3 is 5.73 Å². The molecule has 3 nitrogen and oxygen atoms in total. The van der Waals surface area contributed by atoms with E-state index in [1.54, 1.807) is 12.3 Å². The molecule has 0 aliphatic rings. The van der Waals surface area contributed by atoms with Crippen LogP contribution in [0.5, 0.6) is 0 Å². The van der Waals surface area contributed by atoms with Crippen molar-refractivity contribution in [2.45, 2.75) is 6.54 Å². The van der Waals surface area contributed by atoms with Gasteiger partial charge in [-0.1, -0.05) is 36.9 Å². The number of aromatic nitrogens is 1. The largest absolute Gasteiger partial charge is 0.365 e. The van der Waals surface area contributed by atoms with E-state index in [0.29, 0.717) is 12.1 Å². The van der Waals surface area contributed by atoms with E-state index in [1.165, 1.54) is 0 Å². The highest BCUT2D eigenvalue weighted by Crippen LogP contribution is 2.05. The standard InChI is InChI=1S/C15H14N2O/c1-2-12-5-7-13(8-6-12)10-17-9-3-4-14(11-17)15(16)18/h2-9,11H,1,10H2,(H-,16,18)/p+1. The lowest BCUT2D eigenvalue weighted by atomic mass is 10.1. The predicted octanol–water partition coefficient (Wildman–Crippen LogP) is 1.76. The third-order valence-electron chi connectivity index (χ3n) is 2.72. The molecule has 0 saturated carbocycles. The van der Waals surface area contributed by atoms with E-state index < -0.39 is 5.91 Å². The molecule has 0 aliphatic heterocycles. The number of benzene rings is 1. The number of carbonyl (C=O) groups excluding carboxylic acids is 1. The van der Waals surface area contributed by atoms with Gasteiger partial charge in [0.25, 0.3) is 5.91 Å². The summed E-state index contributed by atoms with van der Waals surface area (Å²) >= 11 is 0. The SMILES string of the molecule is C=Cc1ccc(C[n+]2cccc(C(N)=O)c2)cc1. The summed E-state index contributed by atoms with van der Waals surface area (Å²) in [7, 11) is 0. The molecule has 0 fully saturated rings. The van der Waals surface area contributed by atoms with Crippen molar-refractivity contribution in [3.63, 3.8) is 0 Å². The minimum atomic E-state index is -0.411. The number of primary amides is 1. The quantitative estimate of drug-likeness (QED) is 0.812. The molecule has 1 amide bonds. The minimum Gasteiger partial charge on any atom is -0.365 e. The van der Waals surface area contributed by atoms with Crippen molar-refractivity contribution in [1.29, 1.82) is 0 Å². The summed E-state index contributed by atoms with van der Waals surface area (Å²) in [5.41, 5.74) is 8.02. The van der Waals surface area contributed by atoms with Crippen LogP contribution >= 0.6 is 0 Å². The monoisotopic (exact) mass is 239 g/mol. The van der Waals surface area contributed by atoms with Gasteiger partial charge in [0, 0.05) is 11.6 Å². The molecule has 2 aromatic rings. The zero-order chi connectivity index (χ0) is 13.0. The van der Waals surface area contributed by atoms with E-state index >= 15 is 0 Å². The Morgan fingerprint density at radius 1 is 1.28 bits per heavy atom. The molecule has 0 spiro atoms. The average molecular weight is 239 g/mol. The predicted molar refractivity (Wildman–Crippen MR) is 70.8 cm³/mol. The number of nitrogens with two attached hydrogens (primary N) is 1. The van der Waals surface area contributed by atoms with Gasteiger partial charge in [0.2, 0.25) is 0 Å².